The van der Waals surface area contributed by atoms with E-state index < -0.39 is 41.5 Å². The fourth-order valence-corrected chi connectivity index (χ4v) is 1.77. The van der Waals surface area contributed by atoms with Gasteiger partial charge in [-0.15, -0.1) is 0 Å². The topological polar surface area (TPSA) is 51.5 Å². The van der Waals surface area contributed by atoms with Gasteiger partial charge in [0, 0.05) is 18.4 Å². The van der Waals surface area contributed by atoms with Crippen molar-refractivity contribution < 1.29 is 31.5 Å². The van der Waals surface area contributed by atoms with Gasteiger partial charge in [-0.05, 0) is 12.1 Å². The van der Waals surface area contributed by atoms with Crippen LogP contribution in [0.3, 0.4) is 0 Å². The van der Waals surface area contributed by atoms with Gasteiger partial charge in [-0.25, -0.2) is 8.78 Å². The fourth-order valence-electron chi connectivity index (χ4n) is 1.66. The average molecular weight is 349 g/mol. The van der Waals surface area contributed by atoms with Gasteiger partial charge in [-0.1, -0.05) is 0 Å². The summed E-state index contributed by atoms with van der Waals surface area (Å²) in [5.74, 6) is -7.72. The van der Waals surface area contributed by atoms with E-state index in [0.29, 0.717) is 12.3 Å². The number of nitrogens with one attached hydrogen (secondary N) is 1. The lowest BCUT2D eigenvalue weighted by atomic mass is 10.3. The summed E-state index contributed by atoms with van der Waals surface area (Å²) in [5, 5.41) is 2.50. The molecule has 0 aliphatic rings. The molecule has 124 valence electrons. The number of carbonyl (C=O) groups excluding carboxylic acids is 1. The molecule has 1 aromatic carbocycles. The van der Waals surface area contributed by atoms with E-state index in [0.717, 1.165) is 0 Å². The lowest BCUT2D eigenvalue weighted by Crippen LogP contribution is -2.24. The van der Waals surface area contributed by atoms with Crippen LogP contribution in [0.25, 0.3) is 0 Å². The molecule has 2 rings (SSSR count). The molecule has 0 unspecified atom stereocenters. The highest BCUT2D eigenvalue weighted by Gasteiger charge is 2.21. The molecule has 0 radical (unpaired) electrons. The van der Waals surface area contributed by atoms with Crippen LogP contribution in [0.1, 0.15) is 16.3 Å². The number of carbonyl (C=O) groups is 1. The predicted molar refractivity (Wildman–Crippen MR) is 75.5 cm³/mol. The van der Waals surface area contributed by atoms with Gasteiger partial charge < -0.3 is 14.5 Å². The number of thiol groups is 1. The molecule has 0 fully saturated rings. The number of rotatable bonds is 6. The van der Waals surface area contributed by atoms with E-state index in [2.05, 4.69) is 17.9 Å². The van der Waals surface area contributed by atoms with E-state index in [1.54, 1.807) is 0 Å². The summed E-state index contributed by atoms with van der Waals surface area (Å²) >= 11 is 3.92. The van der Waals surface area contributed by atoms with Crippen molar-refractivity contribution in [3.8, 4) is 5.75 Å². The Morgan fingerprint density at radius 1 is 1.17 bits per heavy atom. The first-order chi connectivity index (χ1) is 10.9. The third kappa shape index (κ3) is 3.98. The van der Waals surface area contributed by atoms with Crippen molar-refractivity contribution in [1.29, 1.82) is 0 Å². The zero-order valence-electron chi connectivity index (χ0n) is 11.5. The quantitative estimate of drug-likeness (QED) is 0.479. The molecule has 0 atom stereocenters. The number of amides is 1. The lowest BCUT2D eigenvalue weighted by Gasteiger charge is -2.08. The first-order valence-electron chi connectivity index (χ1n) is 6.37. The van der Waals surface area contributed by atoms with Crippen molar-refractivity contribution in [3.05, 3.63) is 53.0 Å². The van der Waals surface area contributed by atoms with Gasteiger partial charge in [0.15, 0.2) is 23.1 Å². The molecule has 4 nitrogen and oxygen atoms in total. The Hall–Kier alpha value is -2.16. The third-order valence-electron chi connectivity index (χ3n) is 2.71. The van der Waals surface area contributed by atoms with Crippen LogP contribution in [0.5, 0.6) is 5.75 Å². The van der Waals surface area contributed by atoms with E-state index in [1.807, 2.05) is 0 Å². The zero-order chi connectivity index (χ0) is 17.0. The molecule has 1 N–H and O–H groups in total. The number of benzene rings is 1. The maximum absolute atomic E-state index is 13.4. The van der Waals surface area contributed by atoms with Gasteiger partial charge in [0.1, 0.15) is 12.4 Å². The smallest absolute Gasteiger partial charge is 0.287 e. The third-order valence-corrected chi connectivity index (χ3v) is 2.94. The highest BCUT2D eigenvalue weighted by atomic mass is 32.1. The first-order valence-corrected chi connectivity index (χ1v) is 7.00. The molecule has 1 heterocycles. The molecule has 1 amide bonds. The second kappa shape index (κ2) is 7.40. The minimum absolute atomic E-state index is 0.0447. The van der Waals surface area contributed by atoms with Crippen LogP contribution in [0.2, 0.25) is 0 Å². The maximum atomic E-state index is 13.4. The lowest BCUT2D eigenvalue weighted by molar-refractivity contribution is 0.0924. The van der Waals surface area contributed by atoms with Crippen LogP contribution in [0.15, 0.2) is 22.6 Å². The molecule has 0 aliphatic heterocycles. The van der Waals surface area contributed by atoms with Crippen LogP contribution >= 0.6 is 12.6 Å². The zero-order valence-corrected chi connectivity index (χ0v) is 12.4. The monoisotopic (exact) mass is 349 g/mol. The number of furan rings is 1. The summed E-state index contributed by atoms with van der Waals surface area (Å²) in [6, 6.07) is 2.74. The highest BCUT2D eigenvalue weighted by molar-refractivity contribution is 7.80. The predicted octanol–water partition coefficient (Wildman–Crippen LogP) is 3.07. The van der Waals surface area contributed by atoms with Gasteiger partial charge in [0.25, 0.3) is 5.91 Å². The Labute approximate surface area is 133 Å². The molecular formula is C14H11F4NO3S. The summed E-state index contributed by atoms with van der Waals surface area (Å²) < 4.78 is 62.7. The van der Waals surface area contributed by atoms with E-state index in [9.17, 15) is 22.4 Å². The molecule has 0 spiro atoms. The second-order valence-corrected chi connectivity index (χ2v) is 4.78. The van der Waals surface area contributed by atoms with Crippen LogP contribution in [0, 0.1) is 23.3 Å². The Morgan fingerprint density at radius 2 is 1.83 bits per heavy atom. The van der Waals surface area contributed by atoms with Crippen molar-refractivity contribution >= 4 is 18.5 Å². The average Bonchev–Trinajstić information content (AvgIpc) is 2.99. The largest absolute Gasteiger partial charge is 0.479 e. The number of ether oxygens (including phenoxy) is 1. The minimum atomic E-state index is -1.65. The molecule has 0 saturated carbocycles. The van der Waals surface area contributed by atoms with Crippen LogP contribution in [-0.4, -0.2) is 18.2 Å². The standard InChI is InChI=1S/C14H11F4NO3S/c15-8-5-9(16)12(18)13(11(8)17)21-6-7-1-2-10(22-7)14(20)19-3-4-23/h1-2,5,23H,3-4,6H2,(H,19,20). The van der Waals surface area contributed by atoms with Gasteiger partial charge in [-0.2, -0.15) is 21.4 Å². The summed E-state index contributed by atoms with van der Waals surface area (Å²) in [5.41, 5.74) is 0. The first kappa shape index (κ1) is 17.2. The van der Waals surface area contributed by atoms with Crippen molar-refractivity contribution in [2.24, 2.45) is 0 Å². The molecule has 0 bridgehead atoms. The summed E-state index contributed by atoms with van der Waals surface area (Å²) in [4.78, 5) is 11.6. The van der Waals surface area contributed by atoms with Crippen LogP contribution in [0.4, 0.5) is 17.6 Å². The fraction of sp³-hybridized carbons (Fsp3) is 0.214. The van der Waals surface area contributed by atoms with Crippen molar-refractivity contribution in [2.75, 3.05) is 12.3 Å². The minimum Gasteiger partial charge on any atom is -0.479 e. The van der Waals surface area contributed by atoms with E-state index in [1.165, 1.54) is 12.1 Å². The molecule has 23 heavy (non-hydrogen) atoms. The molecule has 1 aromatic heterocycles. The number of hydrogen-bond donors (Lipinski definition) is 2. The van der Waals surface area contributed by atoms with Gasteiger partial charge in [0.2, 0.25) is 11.6 Å². The van der Waals surface area contributed by atoms with Crippen molar-refractivity contribution in [3.63, 3.8) is 0 Å². The van der Waals surface area contributed by atoms with Gasteiger partial charge >= 0.3 is 0 Å². The van der Waals surface area contributed by atoms with Crippen molar-refractivity contribution in [2.45, 2.75) is 6.61 Å². The van der Waals surface area contributed by atoms with Crippen LogP contribution in [-0.2, 0) is 6.61 Å². The van der Waals surface area contributed by atoms with E-state index in [4.69, 9.17) is 9.15 Å². The molecular weight excluding hydrogens is 338 g/mol. The Kier molecular flexibility index (Phi) is 5.54. The van der Waals surface area contributed by atoms with Crippen molar-refractivity contribution in [1.82, 2.24) is 5.32 Å². The number of halogens is 4. The Morgan fingerprint density at radius 3 is 2.43 bits per heavy atom. The SMILES string of the molecule is O=C(NCCS)c1ccc(COc2c(F)c(F)cc(F)c2F)o1. The number of hydrogen-bond acceptors (Lipinski definition) is 4. The Balaban J connectivity index is 2.08. The van der Waals surface area contributed by atoms with Gasteiger partial charge in [0.05, 0.1) is 0 Å². The summed E-state index contributed by atoms with van der Waals surface area (Å²) in [6.07, 6.45) is 0. The summed E-state index contributed by atoms with van der Waals surface area (Å²) in [7, 11) is 0. The van der Waals surface area contributed by atoms with Gasteiger partial charge in [-0.3, -0.25) is 4.79 Å². The van der Waals surface area contributed by atoms with Crippen LogP contribution < -0.4 is 10.1 Å². The Bertz CT molecular complexity index is 694. The molecule has 9 heteroatoms. The summed E-state index contributed by atoms with van der Waals surface area (Å²) in [6.45, 7) is -0.190. The molecule has 0 saturated heterocycles. The van der Waals surface area contributed by atoms with E-state index in [-0.39, 0.29) is 17.6 Å². The maximum Gasteiger partial charge on any atom is 0.287 e. The second-order valence-electron chi connectivity index (χ2n) is 4.33. The highest BCUT2D eigenvalue weighted by Crippen LogP contribution is 2.27. The molecule has 2 aromatic rings. The normalized spacial score (nSPS) is 10.7. The van der Waals surface area contributed by atoms with E-state index >= 15 is 0 Å². The molecule has 0 aliphatic carbocycles.